The molecule has 0 bridgehead atoms. The Bertz CT molecular complexity index is 235. The van der Waals surface area contributed by atoms with Gasteiger partial charge in [0, 0.05) is 6.61 Å². The van der Waals surface area contributed by atoms with E-state index in [-0.39, 0.29) is 0 Å². The van der Waals surface area contributed by atoms with E-state index < -0.39 is 0 Å². The lowest BCUT2D eigenvalue weighted by Gasteiger charge is -2.10. The molecule has 0 saturated carbocycles. The Morgan fingerprint density at radius 1 is 1.29 bits per heavy atom. The Hall–Kier alpha value is -0.0900. The number of alkyl halides is 1. The first-order valence-corrected chi connectivity index (χ1v) is 6.53. The average Bonchev–Trinajstić information content (AvgIpc) is 2.20. The van der Waals surface area contributed by atoms with Gasteiger partial charge < -0.3 is 4.74 Å². The molecule has 0 heterocycles. The summed E-state index contributed by atoms with van der Waals surface area (Å²) in [6, 6.07) is 10.3. The van der Waals surface area contributed by atoms with Crippen LogP contribution in [0.3, 0.4) is 0 Å². The van der Waals surface area contributed by atoms with Crippen molar-refractivity contribution in [1.29, 1.82) is 0 Å². The van der Waals surface area contributed by atoms with Crippen LogP contribution < -0.4 is 0 Å². The maximum atomic E-state index is 5.63. The summed E-state index contributed by atoms with van der Waals surface area (Å²) in [7, 11) is 0. The van der Waals surface area contributed by atoms with Crippen LogP contribution in [-0.2, 0) is 11.3 Å². The third kappa shape index (κ3) is 4.96. The number of hydrogen-bond donors (Lipinski definition) is 0. The molecule has 78 valence electrons. The molecule has 0 spiro atoms. The van der Waals surface area contributed by atoms with Crippen LogP contribution in [0.5, 0.6) is 0 Å². The van der Waals surface area contributed by atoms with Gasteiger partial charge in [-0.1, -0.05) is 59.8 Å². The highest BCUT2D eigenvalue weighted by atomic mass is 127. The van der Waals surface area contributed by atoms with Crippen LogP contribution in [0.1, 0.15) is 18.9 Å². The molecule has 1 nitrogen and oxygen atoms in total. The maximum Gasteiger partial charge on any atom is 0.0717 e. The third-order valence-corrected chi connectivity index (χ3v) is 2.74. The topological polar surface area (TPSA) is 9.23 Å². The molecule has 0 aliphatic rings. The monoisotopic (exact) mass is 304 g/mol. The highest BCUT2D eigenvalue weighted by Crippen LogP contribution is 2.07. The summed E-state index contributed by atoms with van der Waals surface area (Å²) in [6.07, 6.45) is 1.25. The van der Waals surface area contributed by atoms with E-state index in [9.17, 15) is 0 Å². The molecule has 0 saturated heterocycles. The van der Waals surface area contributed by atoms with Crippen LogP contribution in [-0.4, -0.2) is 11.0 Å². The van der Waals surface area contributed by atoms with Crippen molar-refractivity contribution in [3.8, 4) is 0 Å². The fourth-order valence-electron chi connectivity index (χ4n) is 1.22. The van der Waals surface area contributed by atoms with Crippen LogP contribution in [0.2, 0.25) is 0 Å². The van der Waals surface area contributed by atoms with E-state index in [4.69, 9.17) is 4.74 Å². The minimum atomic E-state index is 0.676. The number of hydrogen-bond acceptors (Lipinski definition) is 1. The van der Waals surface area contributed by atoms with E-state index >= 15 is 0 Å². The first-order valence-electron chi connectivity index (χ1n) is 5.00. The van der Waals surface area contributed by atoms with Gasteiger partial charge in [0.05, 0.1) is 6.61 Å². The van der Waals surface area contributed by atoms with Gasteiger partial charge in [-0.15, -0.1) is 0 Å². The van der Waals surface area contributed by atoms with Crippen molar-refractivity contribution < 1.29 is 4.74 Å². The fraction of sp³-hybridized carbons (Fsp3) is 0.500. The van der Waals surface area contributed by atoms with E-state index in [2.05, 4.69) is 41.6 Å². The van der Waals surface area contributed by atoms with Crippen molar-refractivity contribution >= 4 is 22.6 Å². The van der Waals surface area contributed by atoms with E-state index in [1.807, 2.05) is 18.2 Å². The molecule has 0 aliphatic carbocycles. The first-order chi connectivity index (χ1) is 6.83. The lowest BCUT2D eigenvalue weighted by molar-refractivity contribution is 0.0915. The van der Waals surface area contributed by atoms with Crippen molar-refractivity contribution in [2.75, 3.05) is 11.0 Å². The highest BCUT2D eigenvalue weighted by molar-refractivity contribution is 14.1. The average molecular weight is 304 g/mol. The Morgan fingerprint density at radius 3 is 2.64 bits per heavy atom. The van der Waals surface area contributed by atoms with Crippen LogP contribution in [0.25, 0.3) is 0 Å². The maximum absolute atomic E-state index is 5.63. The summed E-state index contributed by atoms with van der Waals surface area (Å²) >= 11 is 2.41. The molecule has 0 aromatic heterocycles. The van der Waals surface area contributed by atoms with Crippen LogP contribution >= 0.6 is 22.6 Å². The second-order valence-corrected chi connectivity index (χ2v) is 4.66. The van der Waals surface area contributed by atoms with Gasteiger partial charge in [-0.2, -0.15) is 0 Å². The Labute approximate surface area is 100.0 Å². The van der Waals surface area contributed by atoms with Gasteiger partial charge >= 0.3 is 0 Å². The summed E-state index contributed by atoms with van der Waals surface area (Å²) in [6.45, 7) is 3.86. The minimum absolute atomic E-state index is 0.676. The van der Waals surface area contributed by atoms with Gasteiger partial charge in [0.2, 0.25) is 0 Å². The van der Waals surface area contributed by atoms with Gasteiger partial charge in [0.15, 0.2) is 0 Å². The Morgan fingerprint density at radius 2 is 2.00 bits per heavy atom. The summed E-state index contributed by atoms with van der Waals surface area (Å²) in [5.41, 5.74) is 1.26. The van der Waals surface area contributed by atoms with E-state index in [0.717, 1.165) is 13.2 Å². The standard InChI is InChI=1S/C12H17IO/c1-11(7-8-13)9-14-10-12-5-3-2-4-6-12/h2-6,11H,7-10H2,1H3/t11-/m1/s1. The number of rotatable bonds is 6. The van der Waals surface area contributed by atoms with Crippen LogP contribution in [0.4, 0.5) is 0 Å². The van der Waals surface area contributed by atoms with Gasteiger partial charge in [-0.3, -0.25) is 0 Å². The second-order valence-electron chi connectivity index (χ2n) is 3.58. The quantitative estimate of drug-likeness (QED) is 0.575. The molecule has 0 radical (unpaired) electrons. The number of ether oxygens (including phenoxy) is 1. The van der Waals surface area contributed by atoms with Crippen molar-refractivity contribution in [3.05, 3.63) is 35.9 Å². The predicted molar refractivity (Wildman–Crippen MR) is 68.8 cm³/mol. The molecule has 0 unspecified atom stereocenters. The molecule has 0 amide bonds. The SMILES string of the molecule is C[C@H](CCI)COCc1ccccc1. The summed E-state index contributed by atoms with van der Waals surface area (Å²) < 4.78 is 6.85. The second kappa shape index (κ2) is 7.23. The lowest BCUT2D eigenvalue weighted by Crippen LogP contribution is -2.06. The molecule has 0 N–H and O–H groups in total. The zero-order chi connectivity index (χ0) is 10.2. The molecule has 0 aliphatic heterocycles. The predicted octanol–water partition coefficient (Wildman–Crippen LogP) is 3.66. The smallest absolute Gasteiger partial charge is 0.0717 e. The molecule has 14 heavy (non-hydrogen) atoms. The van der Waals surface area contributed by atoms with Crippen molar-refractivity contribution in [3.63, 3.8) is 0 Å². The van der Waals surface area contributed by atoms with Crippen molar-refractivity contribution in [2.45, 2.75) is 20.0 Å². The fourth-order valence-corrected chi connectivity index (χ4v) is 2.29. The van der Waals surface area contributed by atoms with Gasteiger partial charge in [0.25, 0.3) is 0 Å². The van der Waals surface area contributed by atoms with E-state index in [0.29, 0.717) is 5.92 Å². The van der Waals surface area contributed by atoms with Gasteiger partial charge in [0.1, 0.15) is 0 Å². The summed E-state index contributed by atoms with van der Waals surface area (Å²) in [4.78, 5) is 0. The zero-order valence-corrected chi connectivity index (χ0v) is 10.7. The third-order valence-electron chi connectivity index (χ3n) is 2.12. The highest BCUT2D eigenvalue weighted by Gasteiger charge is 2.00. The Balaban J connectivity index is 2.16. The molecule has 1 atom stereocenters. The normalized spacial score (nSPS) is 12.7. The van der Waals surface area contributed by atoms with Crippen LogP contribution in [0.15, 0.2) is 30.3 Å². The minimum Gasteiger partial charge on any atom is -0.376 e. The number of benzene rings is 1. The van der Waals surface area contributed by atoms with E-state index in [1.54, 1.807) is 0 Å². The molecule has 1 aromatic carbocycles. The summed E-state index contributed by atoms with van der Waals surface area (Å²) in [5, 5.41) is 0. The van der Waals surface area contributed by atoms with Crippen molar-refractivity contribution in [2.24, 2.45) is 5.92 Å². The number of halogens is 1. The van der Waals surface area contributed by atoms with Crippen molar-refractivity contribution in [1.82, 2.24) is 0 Å². The molecule has 0 fully saturated rings. The molecule has 1 rings (SSSR count). The van der Waals surface area contributed by atoms with E-state index in [1.165, 1.54) is 16.4 Å². The Kier molecular flexibility index (Phi) is 6.19. The van der Waals surface area contributed by atoms with Gasteiger partial charge in [-0.05, 0) is 22.3 Å². The molecule has 2 heteroatoms. The van der Waals surface area contributed by atoms with Gasteiger partial charge in [-0.25, -0.2) is 0 Å². The van der Waals surface area contributed by atoms with Crippen LogP contribution in [0, 0.1) is 5.92 Å². The molecule has 1 aromatic rings. The molecular weight excluding hydrogens is 287 g/mol. The lowest BCUT2D eigenvalue weighted by atomic mass is 10.1. The largest absolute Gasteiger partial charge is 0.376 e. The molecular formula is C12H17IO. The zero-order valence-electron chi connectivity index (χ0n) is 8.58. The summed E-state index contributed by atoms with van der Waals surface area (Å²) in [5.74, 6) is 0.676. The first kappa shape index (κ1) is 12.0.